The van der Waals surface area contributed by atoms with Crippen molar-refractivity contribution in [2.24, 2.45) is 0 Å². The molecule has 5 heteroatoms. The number of carbonyl (C=O) groups is 1. The molecule has 0 aliphatic carbocycles. The zero-order valence-electron chi connectivity index (χ0n) is 12.0. The SMILES string of the molecule is CCC(CC)N(C)c1nc(SC)ncc1/C=C\C=O. The van der Waals surface area contributed by atoms with E-state index in [0.29, 0.717) is 6.04 Å². The molecule has 0 unspecified atom stereocenters. The Kier molecular flexibility index (Phi) is 6.56. The number of hydrogen-bond donors (Lipinski definition) is 0. The highest BCUT2D eigenvalue weighted by atomic mass is 32.2. The van der Waals surface area contributed by atoms with E-state index in [9.17, 15) is 4.79 Å². The number of aromatic nitrogens is 2. The van der Waals surface area contributed by atoms with Crippen LogP contribution in [0.3, 0.4) is 0 Å². The van der Waals surface area contributed by atoms with E-state index in [1.54, 1.807) is 12.3 Å². The molecular formula is C14H21N3OS. The maximum atomic E-state index is 10.5. The predicted molar refractivity (Wildman–Crippen MR) is 81.7 cm³/mol. The van der Waals surface area contributed by atoms with Crippen molar-refractivity contribution in [3.8, 4) is 0 Å². The maximum Gasteiger partial charge on any atom is 0.189 e. The molecule has 1 aromatic heterocycles. The summed E-state index contributed by atoms with van der Waals surface area (Å²) in [6.07, 6.45) is 9.84. The minimum absolute atomic E-state index is 0.438. The summed E-state index contributed by atoms with van der Waals surface area (Å²) in [6.45, 7) is 4.34. The van der Waals surface area contributed by atoms with Crippen LogP contribution in [0.5, 0.6) is 0 Å². The number of anilines is 1. The Balaban J connectivity index is 3.19. The highest BCUT2D eigenvalue weighted by molar-refractivity contribution is 7.98. The Hall–Kier alpha value is -1.36. The number of allylic oxidation sites excluding steroid dienone is 1. The Morgan fingerprint density at radius 3 is 2.63 bits per heavy atom. The Labute approximate surface area is 119 Å². The van der Waals surface area contributed by atoms with Crippen LogP contribution in [-0.4, -0.2) is 35.6 Å². The number of carbonyl (C=O) groups excluding carboxylic acids is 1. The van der Waals surface area contributed by atoms with Gasteiger partial charge < -0.3 is 4.90 Å². The molecule has 0 aliphatic rings. The second kappa shape index (κ2) is 7.94. The molecule has 19 heavy (non-hydrogen) atoms. The Morgan fingerprint density at radius 2 is 2.11 bits per heavy atom. The zero-order chi connectivity index (χ0) is 14.3. The molecule has 0 spiro atoms. The van der Waals surface area contributed by atoms with E-state index in [4.69, 9.17) is 0 Å². The van der Waals surface area contributed by atoms with Gasteiger partial charge in [-0.25, -0.2) is 9.97 Å². The minimum atomic E-state index is 0.438. The van der Waals surface area contributed by atoms with Crippen LogP contribution < -0.4 is 4.90 Å². The van der Waals surface area contributed by atoms with Crippen molar-refractivity contribution in [1.29, 1.82) is 0 Å². The summed E-state index contributed by atoms with van der Waals surface area (Å²) in [4.78, 5) is 21.5. The lowest BCUT2D eigenvalue weighted by Crippen LogP contribution is -2.31. The van der Waals surface area contributed by atoms with Gasteiger partial charge in [-0.1, -0.05) is 25.6 Å². The molecule has 0 atom stereocenters. The first-order valence-corrected chi connectivity index (χ1v) is 7.66. The second-order valence-electron chi connectivity index (χ2n) is 4.21. The quantitative estimate of drug-likeness (QED) is 0.332. The van der Waals surface area contributed by atoms with Crippen LogP contribution in [0, 0.1) is 0 Å². The van der Waals surface area contributed by atoms with Crippen LogP contribution in [0.4, 0.5) is 5.82 Å². The van der Waals surface area contributed by atoms with E-state index in [1.807, 2.05) is 13.3 Å². The Morgan fingerprint density at radius 1 is 1.42 bits per heavy atom. The number of nitrogens with zero attached hydrogens (tertiary/aromatic N) is 3. The fourth-order valence-corrected chi connectivity index (χ4v) is 2.35. The minimum Gasteiger partial charge on any atom is -0.356 e. The average molecular weight is 279 g/mol. The van der Waals surface area contributed by atoms with Crippen LogP contribution in [0.1, 0.15) is 32.3 Å². The van der Waals surface area contributed by atoms with Gasteiger partial charge in [-0.2, -0.15) is 0 Å². The van der Waals surface area contributed by atoms with Crippen LogP contribution in [0.2, 0.25) is 0 Å². The lowest BCUT2D eigenvalue weighted by atomic mass is 10.1. The first-order valence-electron chi connectivity index (χ1n) is 6.43. The van der Waals surface area contributed by atoms with Gasteiger partial charge in [0.2, 0.25) is 0 Å². The summed E-state index contributed by atoms with van der Waals surface area (Å²) in [5, 5.41) is 0.746. The molecule has 0 saturated carbocycles. The van der Waals surface area contributed by atoms with Gasteiger partial charge in [0.05, 0.1) is 0 Å². The molecular weight excluding hydrogens is 258 g/mol. The van der Waals surface area contributed by atoms with Gasteiger partial charge in [0, 0.05) is 24.8 Å². The van der Waals surface area contributed by atoms with E-state index in [-0.39, 0.29) is 0 Å². The van der Waals surface area contributed by atoms with Gasteiger partial charge in [-0.3, -0.25) is 4.79 Å². The van der Waals surface area contributed by atoms with Crippen molar-refractivity contribution in [2.75, 3.05) is 18.2 Å². The largest absolute Gasteiger partial charge is 0.356 e. The molecule has 0 radical (unpaired) electrons. The Bertz CT molecular complexity index is 444. The lowest BCUT2D eigenvalue weighted by Gasteiger charge is -2.28. The normalized spacial score (nSPS) is 11.2. The average Bonchev–Trinajstić information content (AvgIpc) is 2.46. The smallest absolute Gasteiger partial charge is 0.189 e. The molecule has 0 aliphatic heterocycles. The van der Waals surface area contributed by atoms with Crippen LogP contribution in [0.25, 0.3) is 6.08 Å². The highest BCUT2D eigenvalue weighted by Crippen LogP contribution is 2.24. The molecule has 104 valence electrons. The number of thioether (sulfide) groups is 1. The van der Waals surface area contributed by atoms with Crippen molar-refractivity contribution in [3.05, 3.63) is 17.8 Å². The standard InChI is InChI=1S/C14H21N3OS/c1-5-12(6-2)17(3)13-11(8-7-9-18)10-15-14(16-13)19-4/h7-10,12H,5-6H2,1-4H3/b8-7-. The van der Waals surface area contributed by atoms with E-state index in [0.717, 1.165) is 35.7 Å². The third kappa shape index (κ3) is 4.06. The third-order valence-electron chi connectivity index (χ3n) is 3.14. The number of aldehydes is 1. The predicted octanol–water partition coefficient (Wildman–Crippen LogP) is 3.04. The number of hydrogen-bond acceptors (Lipinski definition) is 5. The van der Waals surface area contributed by atoms with Crippen molar-refractivity contribution < 1.29 is 4.79 Å². The van der Waals surface area contributed by atoms with Crippen LogP contribution in [0.15, 0.2) is 17.4 Å². The first-order chi connectivity index (χ1) is 9.17. The van der Waals surface area contributed by atoms with Crippen molar-refractivity contribution in [1.82, 2.24) is 9.97 Å². The van der Waals surface area contributed by atoms with Gasteiger partial charge in [-0.15, -0.1) is 0 Å². The summed E-state index contributed by atoms with van der Waals surface area (Å²) in [5.74, 6) is 0.881. The van der Waals surface area contributed by atoms with Gasteiger partial charge in [-0.05, 0) is 31.2 Å². The number of rotatable bonds is 7. The fraction of sp³-hybridized carbons (Fsp3) is 0.500. The molecule has 1 rings (SSSR count). The molecule has 0 bridgehead atoms. The molecule has 1 aromatic rings. The van der Waals surface area contributed by atoms with Crippen molar-refractivity contribution in [2.45, 2.75) is 37.9 Å². The molecule has 0 fully saturated rings. The van der Waals surface area contributed by atoms with Crippen LogP contribution >= 0.6 is 11.8 Å². The molecule has 0 N–H and O–H groups in total. The van der Waals surface area contributed by atoms with Crippen molar-refractivity contribution >= 4 is 29.9 Å². The summed E-state index contributed by atoms with van der Waals surface area (Å²) >= 11 is 1.52. The molecule has 1 heterocycles. The topological polar surface area (TPSA) is 46.1 Å². The van der Waals surface area contributed by atoms with Crippen molar-refractivity contribution in [3.63, 3.8) is 0 Å². The van der Waals surface area contributed by atoms with Gasteiger partial charge in [0.25, 0.3) is 0 Å². The summed E-state index contributed by atoms with van der Waals surface area (Å²) in [7, 11) is 2.04. The summed E-state index contributed by atoms with van der Waals surface area (Å²) in [6, 6.07) is 0.438. The second-order valence-corrected chi connectivity index (χ2v) is 4.99. The van der Waals surface area contributed by atoms with E-state index in [1.165, 1.54) is 17.8 Å². The summed E-state index contributed by atoms with van der Waals surface area (Å²) < 4.78 is 0. The lowest BCUT2D eigenvalue weighted by molar-refractivity contribution is -0.104. The fourth-order valence-electron chi connectivity index (χ4n) is 2.02. The zero-order valence-corrected chi connectivity index (χ0v) is 12.8. The summed E-state index contributed by atoms with van der Waals surface area (Å²) in [5.41, 5.74) is 0.874. The van der Waals surface area contributed by atoms with E-state index >= 15 is 0 Å². The van der Waals surface area contributed by atoms with Crippen LogP contribution in [-0.2, 0) is 4.79 Å². The maximum absolute atomic E-state index is 10.5. The van der Waals surface area contributed by atoms with E-state index < -0.39 is 0 Å². The highest BCUT2D eigenvalue weighted by Gasteiger charge is 2.16. The monoisotopic (exact) mass is 279 g/mol. The van der Waals surface area contributed by atoms with Gasteiger partial charge in [0.15, 0.2) is 5.16 Å². The molecule has 0 amide bonds. The molecule has 0 saturated heterocycles. The van der Waals surface area contributed by atoms with E-state index in [2.05, 4.69) is 28.7 Å². The third-order valence-corrected chi connectivity index (χ3v) is 3.70. The first kappa shape index (κ1) is 15.7. The van der Waals surface area contributed by atoms with Gasteiger partial charge in [0.1, 0.15) is 12.1 Å². The molecule has 4 nitrogen and oxygen atoms in total. The molecule has 0 aromatic carbocycles. The van der Waals surface area contributed by atoms with Gasteiger partial charge >= 0.3 is 0 Å².